The van der Waals surface area contributed by atoms with Crippen molar-refractivity contribution in [3.63, 3.8) is 0 Å². The SMILES string of the molecule is O=C(c1c(Cl)cc(Cl)cc1Cl)C1Cc2ccccc2C1. The average Bonchev–Trinajstić information content (AvgIpc) is 2.81. The van der Waals surface area contributed by atoms with E-state index in [1.54, 1.807) is 12.1 Å². The van der Waals surface area contributed by atoms with Crippen molar-refractivity contribution in [2.24, 2.45) is 5.92 Å². The quantitative estimate of drug-likeness (QED) is 0.690. The van der Waals surface area contributed by atoms with Gasteiger partial charge in [0.05, 0.1) is 15.6 Å². The van der Waals surface area contributed by atoms with Crippen molar-refractivity contribution < 1.29 is 4.79 Å². The standard InChI is InChI=1S/C16H11Cl3O/c17-12-7-13(18)15(14(19)8-12)16(20)11-5-9-3-1-2-4-10(9)6-11/h1-4,7-8,11H,5-6H2. The highest BCUT2D eigenvalue weighted by Gasteiger charge is 2.30. The van der Waals surface area contributed by atoms with E-state index in [1.807, 2.05) is 12.1 Å². The van der Waals surface area contributed by atoms with Crippen LogP contribution >= 0.6 is 34.8 Å². The van der Waals surface area contributed by atoms with Crippen molar-refractivity contribution >= 4 is 40.6 Å². The smallest absolute Gasteiger partial charge is 0.169 e. The Labute approximate surface area is 132 Å². The number of carbonyl (C=O) groups is 1. The van der Waals surface area contributed by atoms with Crippen molar-refractivity contribution in [1.82, 2.24) is 0 Å². The first kappa shape index (κ1) is 13.9. The maximum Gasteiger partial charge on any atom is 0.169 e. The first-order valence-corrected chi connectivity index (χ1v) is 7.45. The van der Waals surface area contributed by atoms with Gasteiger partial charge in [-0.05, 0) is 36.1 Å². The number of rotatable bonds is 2. The molecule has 0 N–H and O–H groups in total. The van der Waals surface area contributed by atoms with Gasteiger partial charge in [0.25, 0.3) is 0 Å². The fourth-order valence-corrected chi connectivity index (χ4v) is 3.73. The molecule has 0 radical (unpaired) electrons. The molecule has 0 amide bonds. The van der Waals surface area contributed by atoms with Gasteiger partial charge in [-0.3, -0.25) is 4.79 Å². The Hall–Kier alpha value is -1.02. The number of fused-ring (bicyclic) bond motifs is 1. The molecule has 102 valence electrons. The van der Waals surface area contributed by atoms with E-state index in [0.717, 1.165) is 12.8 Å². The monoisotopic (exact) mass is 324 g/mol. The van der Waals surface area contributed by atoms with Crippen molar-refractivity contribution in [1.29, 1.82) is 0 Å². The summed E-state index contributed by atoms with van der Waals surface area (Å²) in [7, 11) is 0. The van der Waals surface area contributed by atoms with Gasteiger partial charge in [0, 0.05) is 10.9 Å². The molecule has 1 nitrogen and oxygen atoms in total. The van der Waals surface area contributed by atoms with E-state index in [0.29, 0.717) is 20.6 Å². The molecule has 0 atom stereocenters. The molecule has 0 heterocycles. The van der Waals surface area contributed by atoms with Gasteiger partial charge in [-0.1, -0.05) is 59.1 Å². The zero-order valence-corrected chi connectivity index (χ0v) is 12.8. The zero-order valence-electron chi connectivity index (χ0n) is 10.5. The molecule has 0 saturated heterocycles. The van der Waals surface area contributed by atoms with Gasteiger partial charge in [-0.15, -0.1) is 0 Å². The second kappa shape index (κ2) is 5.40. The van der Waals surface area contributed by atoms with Crippen LogP contribution in [0.5, 0.6) is 0 Å². The Morgan fingerprint density at radius 1 is 0.950 bits per heavy atom. The Kier molecular flexibility index (Phi) is 3.76. The summed E-state index contributed by atoms with van der Waals surface area (Å²) in [6.45, 7) is 0. The lowest BCUT2D eigenvalue weighted by Gasteiger charge is -2.11. The molecule has 0 aromatic heterocycles. The van der Waals surface area contributed by atoms with Crippen LogP contribution in [0.1, 0.15) is 21.5 Å². The molecule has 0 unspecified atom stereocenters. The van der Waals surface area contributed by atoms with Gasteiger partial charge in [-0.2, -0.15) is 0 Å². The van der Waals surface area contributed by atoms with Gasteiger partial charge in [0.1, 0.15) is 0 Å². The van der Waals surface area contributed by atoms with Crippen LogP contribution in [0.2, 0.25) is 15.1 Å². The lowest BCUT2D eigenvalue weighted by atomic mass is 9.95. The van der Waals surface area contributed by atoms with Crippen LogP contribution in [-0.4, -0.2) is 5.78 Å². The summed E-state index contributed by atoms with van der Waals surface area (Å²) in [6, 6.07) is 11.2. The molecule has 1 aliphatic carbocycles. The summed E-state index contributed by atoms with van der Waals surface area (Å²) in [5.41, 5.74) is 2.84. The molecule has 20 heavy (non-hydrogen) atoms. The minimum atomic E-state index is -0.0939. The third kappa shape index (κ3) is 2.46. The average molecular weight is 326 g/mol. The number of hydrogen-bond acceptors (Lipinski definition) is 1. The van der Waals surface area contributed by atoms with Gasteiger partial charge < -0.3 is 0 Å². The van der Waals surface area contributed by atoms with Gasteiger partial charge >= 0.3 is 0 Å². The molecule has 1 aliphatic rings. The largest absolute Gasteiger partial charge is 0.294 e. The van der Waals surface area contributed by atoms with Crippen LogP contribution < -0.4 is 0 Å². The van der Waals surface area contributed by atoms with Crippen molar-refractivity contribution in [2.75, 3.05) is 0 Å². The molecule has 3 rings (SSSR count). The third-order valence-corrected chi connectivity index (χ3v) is 4.49. The van der Waals surface area contributed by atoms with E-state index in [2.05, 4.69) is 12.1 Å². The molecule has 0 aliphatic heterocycles. The Morgan fingerprint density at radius 3 is 1.95 bits per heavy atom. The number of hydrogen-bond donors (Lipinski definition) is 0. The highest BCUT2D eigenvalue weighted by molar-refractivity contribution is 6.42. The van der Waals surface area contributed by atoms with Crippen molar-refractivity contribution in [2.45, 2.75) is 12.8 Å². The number of halogens is 3. The highest BCUT2D eigenvalue weighted by atomic mass is 35.5. The van der Waals surface area contributed by atoms with E-state index in [1.165, 1.54) is 11.1 Å². The van der Waals surface area contributed by atoms with Crippen LogP contribution in [0.4, 0.5) is 0 Å². The third-order valence-electron chi connectivity index (χ3n) is 3.68. The van der Waals surface area contributed by atoms with Crippen LogP contribution in [-0.2, 0) is 12.8 Å². The fraction of sp³-hybridized carbons (Fsp3) is 0.188. The maximum atomic E-state index is 12.7. The van der Waals surface area contributed by atoms with Crippen LogP contribution in [0, 0.1) is 5.92 Å². The van der Waals surface area contributed by atoms with E-state index in [-0.39, 0.29) is 11.7 Å². The normalized spacial score (nSPS) is 14.3. The number of benzene rings is 2. The Morgan fingerprint density at radius 2 is 1.45 bits per heavy atom. The summed E-state index contributed by atoms with van der Waals surface area (Å²) in [6.07, 6.45) is 1.48. The number of Topliss-reactive ketones (excluding diaryl/α,β-unsaturated/α-hetero) is 1. The minimum Gasteiger partial charge on any atom is -0.294 e. The van der Waals surface area contributed by atoms with Crippen molar-refractivity contribution in [3.05, 3.63) is 68.2 Å². The number of carbonyl (C=O) groups excluding carboxylic acids is 1. The van der Waals surface area contributed by atoms with Crippen LogP contribution in [0.15, 0.2) is 36.4 Å². The predicted octanol–water partition coefficient (Wildman–Crippen LogP) is 5.24. The predicted molar refractivity (Wildman–Crippen MR) is 83.1 cm³/mol. The molecule has 4 heteroatoms. The highest BCUT2D eigenvalue weighted by Crippen LogP contribution is 2.35. The molecular formula is C16H11Cl3O. The van der Waals surface area contributed by atoms with Crippen LogP contribution in [0.3, 0.4) is 0 Å². The lowest BCUT2D eigenvalue weighted by molar-refractivity contribution is 0.0925. The molecule has 2 aromatic carbocycles. The number of ketones is 1. The van der Waals surface area contributed by atoms with E-state index in [4.69, 9.17) is 34.8 Å². The van der Waals surface area contributed by atoms with Crippen molar-refractivity contribution in [3.8, 4) is 0 Å². The van der Waals surface area contributed by atoms with Gasteiger partial charge in [-0.25, -0.2) is 0 Å². The fourth-order valence-electron chi connectivity index (χ4n) is 2.73. The molecule has 0 saturated carbocycles. The van der Waals surface area contributed by atoms with Gasteiger partial charge in [0.15, 0.2) is 5.78 Å². The maximum absolute atomic E-state index is 12.7. The molecule has 0 spiro atoms. The van der Waals surface area contributed by atoms with E-state index >= 15 is 0 Å². The Bertz CT molecular complexity index is 646. The second-order valence-corrected chi connectivity index (χ2v) is 6.23. The Balaban J connectivity index is 1.93. The summed E-state index contributed by atoms with van der Waals surface area (Å²) in [4.78, 5) is 12.7. The van der Waals surface area contributed by atoms with Gasteiger partial charge in [0.2, 0.25) is 0 Å². The molecule has 2 aromatic rings. The molecular weight excluding hydrogens is 315 g/mol. The van der Waals surface area contributed by atoms with Crippen LogP contribution in [0.25, 0.3) is 0 Å². The minimum absolute atomic E-state index is 0.00660. The summed E-state index contributed by atoms with van der Waals surface area (Å²) in [5.74, 6) is -0.101. The summed E-state index contributed by atoms with van der Waals surface area (Å²) in [5, 5.41) is 1.08. The lowest BCUT2D eigenvalue weighted by Crippen LogP contribution is -2.16. The van der Waals surface area contributed by atoms with E-state index in [9.17, 15) is 4.79 Å². The summed E-state index contributed by atoms with van der Waals surface area (Å²) >= 11 is 18.1. The summed E-state index contributed by atoms with van der Waals surface area (Å²) < 4.78 is 0. The topological polar surface area (TPSA) is 17.1 Å². The first-order chi connectivity index (χ1) is 9.56. The zero-order chi connectivity index (χ0) is 14.3. The molecule has 0 bridgehead atoms. The van der Waals surface area contributed by atoms with E-state index < -0.39 is 0 Å². The first-order valence-electron chi connectivity index (χ1n) is 6.32. The molecule has 0 fully saturated rings. The second-order valence-electron chi connectivity index (χ2n) is 4.98.